The van der Waals surface area contributed by atoms with Crippen molar-refractivity contribution in [1.29, 1.82) is 0 Å². The molecular weight excluding hydrogens is 357 g/mol. The molecule has 0 bridgehead atoms. The molecule has 0 saturated heterocycles. The lowest BCUT2D eigenvalue weighted by Crippen LogP contribution is -2.30. The number of hydrogen-bond donors (Lipinski definition) is 5. The Morgan fingerprint density at radius 1 is 1.15 bits per heavy atom. The van der Waals surface area contributed by atoms with E-state index in [9.17, 15) is 23.1 Å². The molecule has 0 fully saturated rings. The van der Waals surface area contributed by atoms with Crippen LogP contribution in [-0.4, -0.2) is 40.5 Å². The predicted molar refractivity (Wildman–Crippen MR) is 84.2 cm³/mol. The van der Waals surface area contributed by atoms with E-state index < -0.39 is 53.9 Å². The van der Waals surface area contributed by atoms with Gasteiger partial charge in [0.25, 0.3) is 5.91 Å². The number of rotatable bonds is 7. The largest absolute Gasteiger partial charge is 0.508 e. The maximum absolute atomic E-state index is 14.1. The number of nitrogens with one attached hydrogen (secondary N) is 2. The van der Waals surface area contributed by atoms with Gasteiger partial charge in [-0.05, 0) is 24.3 Å². The summed E-state index contributed by atoms with van der Waals surface area (Å²) in [5, 5.41) is 29.2. The van der Waals surface area contributed by atoms with E-state index in [4.69, 9.17) is 10.2 Å². The van der Waals surface area contributed by atoms with E-state index in [1.54, 1.807) is 0 Å². The Bertz CT molecular complexity index is 804. The van der Waals surface area contributed by atoms with Crippen LogP contribution in [0.3, 0.4) is 0 Å². The van der Waals surface area contributed by atoms with Crippen molar-refractivity contribution in [3.63, 3.8) is 0 Å². The molecule has 2 rings (SSSR count). The standard InChI is InChI=1S/C16H15F3N2O5/c17-11-3-2-10(16(25)21-26-7-9(24)6-22)15(14(11)19)20-13-4-1-8(23)5-12(13)18/h1-5,9,20,22-24H,6-7H2,(H,21,25). The maximum atomic E-state index is 14.1. The Hall–Kier alpha value is -2.82. The Labute approximate surface area is 145 Å². The number of aromatic hydroxyl groups is 1. The van der Waals surface area contributed by atoms with Crippen molar-refractivity contribution in [3.05, 3.63) is 53.3 Å². The molecule has 2 aromatic rings. The molecule has 140 valence electrons. The summed E-state index contributed by atoms with van der Waals surface area (Å²) in [6, 6.07) is 4.58. The molecule has 5 N–H and O–H groups in total. The Morgan fingerprint density at radius 3 is 2.54 bits per heavy atom. The van der Waals surface area contributed by atoms with Crippen molar-refractivity contribution < 1.29 is 38.1 Å². The van der Waals surface area contributed by atoms with E-state index in [2.05, 4.69) is 10.2 Å². The fourth-order valence-corrected chi connectivity index (χ4v) is 1.91. The number of phenolic OH excluding ortho intramolecular Hbond substituents is 1. The van der Waals surface area contributed by atoms with Crippen LogP contribution in [0.15, 0.2) is 30.3 Å². The average molecular weight is 372 g/mol. The topological polar surface area (TPSA) is 111 Å². The summed E-state index contributed by atoms with van der Waals surface area (Å²) in [6.07, 6.45) is -1.25. The smallest absolute Gasteiger partial charge is 0.277 e. The van der Waals surface area contributed by atoms with Crippen molar-refractivity contribution in [3.8, 4) is 5.75 Å². The number of hydroxylamine groups is 1. The molecular formula is C16H15F3N2O5. The molecule has 0 spiro atoms. The van der Waals surface area contributed by atoms with Crippen LogP contribution in [0.4, 0.5) is 24.5 Å². The highest BCUT2D eigenvalue weighted by Gasteiger charge is 2.20. The fraction of sp³-hybridized carbons (Fsp3) is 0.188. The van der Waals surface area contributed by atoms with Gasteiger partial charge in [-0.25, -0.2) is 18.7 Å². The van der Waals surface area contributed by atoms with Gasteiger partial charge in [0, 0.05) is 6.07 Å². The number of hydrogen-bond acceptors (Lipinski definition) is 6. The number of aliphatic hydroxyl groups is 2. The Morgan fingerprint density at radius 2 is 1.88 bits per heavy atom. The van der Waals surface area contributed by atoms with Crippen molar-refractivity contribution in [1.82, 2.24) is 5.48 Å². The van der Waals surface area contributed by atoms with Crippen molar-refractivity contribution in [2.24, 2.45) is 0 Å². The Balaban J connectivity index is 2.27. The van der Waals surface area contributed by atoms with Crippen LogP contribution < -0.4 is 10.8 Å². The van der Waals surface area contributed by atoms with Crippen LogP contribution in [0.25, 0.3) is 0 Å². The first kappa shape index (κ1) is 19.5. The zero-order valence-electron chi connectivity index (χ0n) is 13.2. The third kappa shape index (κ3) is 4.63. The molecule has 0 aliphatic carbocycles. The van der Waals surface area contributed by atoms with Gasteiger partial charge in [-0.1, -0.05) is 0 Å². The van der Waals surface area contributed by atoms with Gasteiger partial charge in [0.05, 0.1) is 23.5 Å². The molecule has 26 heavy (non-hydrogen) atoms. The van der Waals surface area contributed by atoms with Gasteiger partial charge in [-0.15, -0.1) is 0 Å². The van der Waals surface area contributed by atoms with E-state index in [0.717, 1.165) is 24.3 Å². The van der Waals surface area contributed by atoms with E-state index >= 15 is 0 Å². The Kier molecular flexibility index (Phi) is 6.39. The number of phenols is 1. The number of halogens is 3. The van der Waals surface area contributed by atoms with Crippen LogP contribution in [0.2, 0.25) is 0 Å². The lowest BCUT2D eigenvalue weighted by molar-refractivity contribution is -0.0295. The van der Waals surface area contributed by atoms with Gasteiger partial charge in [0.15, 0.2) is 11.6 Å². The minimum absolute atomic E-state index is 0.307. The molecule has 0 radical (unpaired) electrons. The molecule has 0 saturated carbocycles. The summed E-state index contributed by atoms with van der Waals surface area (Å²) in [5.74, 6) is -5.04. The van der Waals surface area contributed by atoms with E-state index in [1.807, 2.05) is 5.48 Å². The molecule has 1 atom stereocenters. The van der Waals surface area contributed by atoms with E-state index in [1.165, 1.54) is 0 Å². The fourth-order valence-electron chi connectivity index (χ4n) is 1.91. The normalized spacial score (nSPS) is 11.9. The monoisotopic (exact) mass is 372 g/mol. The summed E-state index contributed by atoms with van der Waals surface area (Å²) in [7, 11) is 0. The highest BCUT2D eigenvalue weighted by molar-refractivity contribution is 6.00. The number of carbonyl (C=O) groups excluding carboxylic acids is 1. The second-order valence-corrected chi connectivity index (χ2v) is 5.15. The first-order chi connectivity index (χ1) is 12.3. The van der Waals surface area contributed by atoms with Gasteiger partial charge < -0.3 is 20.6 Å². The summed E-state index contributed by atoms with van der Waals surface area (Å²) in [5.41, 5.74) is 0.519. The van der Waals surface area contributed by atoms with Crippen molar-refractivity contribution >= 4 is 17.3 Å². The van der Waals surface area contributed by atoms with Gasteiger partial charge in [0.1, 0.15) is 24.3 Å². The summed E-state index contributed by atoms with van der Waals surface area (Å²) >= 11 is 0. The van der Waals surface area contributed by atoms with Gasteiger partial charge in [-0.3, -0.25) is 9.63 Å². The zero-order chi connectivity index (χ0) is 19.3. The third-order valence-corrected chi connectivity index (χ3v) is 3.20. The summed E-state index contributed by atoms with van der Waals surface area (Å²) < 4.78 is 41.5. The summed E-state index contributed by atoms with van der Waals surface area (Å²) in [6.45, 7) is -1.05. The van der Waals surface area contributed by atoms with E-state index in [-0.39, 0.29) is 11.4 Å². The molecule has 1 unspecified atom stereocenters. The lowest BCUT2D eigenvalue weighted by atomic mass is 10.1. The van der Waals surface area contributed by atoms with Crippen LogP contribution in [0.1, 0.15) is 10.4 Å². The predicted octanol–water partition coefficient (Wildman–Crippen LogP) is 1.57. The third-order valence-electron chi connectivity index (χ3n) is 3.20. The second-order valence-electron chi connectivity index (χ2n) is 5.15. The zero-order valence-corrected chi connectivity index (χ0v) is 13.2. The molecule has 0 heterocycles. The lowest BCUT2D eigenvalue weighted by Gasteiger charge is -2.15. The molecule has 0 aliphatic rings. The van der Waals surface area contributed by atoms with Crippen LogP contribution in [-0.2, 0) is 4.84 Å². The number of amides is 1. The number of carbonyl (C=O) groups is 1. The quantitative estimate of drug-likeness (QED) is 0.373. The number of benzene rings is 2. The van der Waals surface area contributed by atoms with Crippen molar-refractivity contribution in [2.75, 3.05) is 18.5 Å². The van der Waals surface area contributed by atoms with Crippen LogP contribution in [0.5, 0.6) is 5.75 Å². The highest BCUT2D eigenvalue weighted by Crippen LogP contribution is 2.29. The first-order valence-electron chi connectivity index (χ1n) is 7.28. The van der Waals surface area contributed by atoms with Gasteiger partial charge in [0.2, 0.25) is 0 Å². The number of anilines is 2. The summed E-state index contributed by atoms with van der Waals surface area (Å²) in [4.78, 5) is 16.7. The molecule has 0 aromatic heterocycles. The molecule has 2 aromatic carbocycles. The minimum Gasteiger partial charge on any atom is -0.508 e. The van der Waals surface area contributed by atoms with E-state index in [0.29, 0.717) is 6.07 Å². The van der Waals surface area contributed by atoms with Gasteiger partial charge in [-0.2, -0.15) is 0 Å². The van der Waals surface area contributed by atoms with Gasteiger partial charge >= 0.3 is 0 Å². The molecule has 10 heteroatoms. The van der Waals surface area contributed by atoms with Crippen molar-refractivity contribution in [2.45, 2.75) is 6.10 Å². The van der Waals surface area contributed by atoms with Crippen LogP contribution >= 0.6 is 0 Å². The maximum Gasteiger partial charge on any atom is 0.277 e. The number of aliphatic hydroxyl groups excluding tert-OH is 2. The highest BCUT2D eigenvalue weighted by atomic mass is 19.2. The SMILES string of the molecule is O=C(NOCC(O)CO)c1ccc(F)c(F)c1Nc1ccc(O)cc1F. The molecule has 0 aliphatic heterocycles. The molecule has 7 nitrogen and oxygen atoms in total. The first-order valence-corrected chi connectivity index (χ1v) is 7.28. The minimum atomic E-state index is -1.43. The average Bonchev–Trinajstić information content (AvgIpc) is 2.60. The van der Waals surface area contributed by atoms with Crippen LogP contribution in [0, 0.1) is 17.5 Å². The molecule has 1 amide bonds. The second kappa shape index (κ2) is 8.52.